The fourth-order valence-corrected chi connectivity index (χ4v) is 11.5. The minimum absolute atomic E-state index is 0.0517. The van der Waals surface area contributed by atoms with Gasteiger partial charge in [-0.05, 0) is 76.1 Å². The number of benzene rings is 7. The first-order valence-electron chi connectivity index (χ1n) is 22.4. The summed E-state index contributed by atoms with van der Waals surface area (Å²) in [5, 5.41) is 2.44. The third-order valence-electron chi connectivity index (χ3n) is 14.1. The van der Waals surface area contributed by atoms with Gasteiger partial charge in [0, 0.05) is 56.5 Å². The zero-order valence-corrected chi connectivity index (χ0v) is 34.8. The first-order valence-corrected chi connectivity index (χ1v) is 22.4. The maximum atomic E-state index is 7.32. The molecule has 14 rings (SSSR count). The molecule has 0 N–H and O–H groups in total. The molecule has 2 aliphatic carbocycles. The second-order valence-electron chi connectivity index (χ2n) is 17.4. The number of anilines is 4. The number of nitrogens with zero attached hydrogens (tertiary/aromatic N) is 3. The smallest absolute Gasteiger partial charge is 0.252 e. The molecule has 0 bridgehead atoms. The van der Waals surface area contributed by atoms with Crippen LogP contribution in [-0.4, -0.2) is 23.5 Å². The molecular formula is C58H40BN3O2. The second kappa shape index (κ2) is 13.8. The summed E-state index contributed by atoms with van der Waals surface area (Å²) in [6, 6.07) is 62.0. The van der Waals surface area contributed by atoms with Crippen molar-refractivity contribution < 1.29 is 9.47 Å². The van der Waals surface area contributed by atoms with E-state index in [1.807, 2.05) is 0 Å². The topological polar surface area (TPSA) is 29.9 Å². The van der Waals surface area contributed by atoms with Gasteiger partial charge in [0.05, 0.1) is 16.7 Å². The number of para-hydroxylation sites is 4. The summed E-state index contributed by atoms with van der Waals surface area (Å²) in [5.74, 6) is 1.82. The van der Waals surface area contributed by atoms with E-state index in [4.69, 9.17) is 9.47 Å². The Hall–Kier alpha value is -7.96. The summed E-state index contributed by atoms with van der Waals surface area (Å²) >= 11 is 0. The van der Waals surface area contributed by atoms with Crippen molar-refractivity contribution in [3.63, 3.8) is 0 Å². The number of rotatable bonds is 5. The third kappa shape index (κ3) is 5.02. The molecule has 302 valence electrons. The Morgan fingerprint density at radius 1 is 0.406 bits per heavy atom. The summed E-state index contributed by atoms with van der Waals surface area (Å²) in [6.07, 6.45) is 17.3. The van der Waals surface area contributed by atoms with Gasteiger partial charge in [0.25, 0.3) is 6.71 Å². The molecule has 0 spiro atoms. The van der Waals surface area contributed by atoms with Crippen LogP contribution in [0.1, 0.15) is 11.1 Å². The lowest BCUT2D eigenvalue weighted by Crippen LogP contribution is -2.62. The number of fused-ring (bicyclic) bond motifs is 9. The Balaban J connectivity index is 1.13. The van der Waals surface area contributed by atoms with Crippen LogP contribution in [0.3, 0.4) is 0 Å². The van der Waals surface area contributed by atoms with Crippen LogP contribution in [0.4, 0.5) is 22.7 Å². The van der Waals surface area contributed by atoms with Crippen LogP contribution in [0.2, 0.25) is 0 Å². The lowest BCUT2D eigenvalue weighted by atomic mass is 9.33. The summed E-state index contributed by atoms with van der Waals surface area (Å²) < 4.78 is 17.1. The van der Waals surface area contributed by atoms with E-state index in [-0.39, 0.29) is 30.8 Å². The molecule has 1 aromatic heterocycles. The Labute approximate surface area is 372 Å². The monoisotopic (exact) mass is 821 g/mol. The van der Waals surface area contributed by atoms with E-state index in [9.17, 15) is 0 Å². The number of ether oxygens (including phenoxy) is 2. The molecule has 7 aromatic carbocycles. The molecule has 64 heavy (non-hydrogen) atoms. The van der Waals surface area contributed by atoms with E-state index in [1.165, 1.54) is 38.3 Å². The zero-order valence-electron chi connectivity index (χ0n) is 34.8. The molecule has 6 aliphatic rings. The molecule has 5 nitrogen and oxygen atoms in total. The van der Waals surface area contributed by atoms with Gasteiger partial charge >= 0.3 is 0 Å². The van der Waals surface area contributed by atoms with E-state index in [1.54, 1.807) is 0 Å². The van der Waals surface area contributed by atoms with E-state index in [2.05, 4.69) is 233 Å². The van der Waals surface area contributed by atoms with Gasteiger partial charge in [-0.3, -0.25) is 9.80 Å². The predicted octanol–water partition coefficient (Wildman–Crippen LogP) is 11.2. The van der Waals surface area contributed by atoms with Gasteiger partial charge in [0.15, 0.2) is 0 Å². The fourth-order valence-electron chi connectivity index (χ4n) is 11.5. The minimum Gasteiger partial charge on any atom is -0.470 e. The maximum Gasteiger partial charge on any atom is 0.252 e. The average Bonchev–Trinajstić information content (AvgIpc) is 4.04. The number of hydrogen-bond donors (Lipinski definition) is 0. The maximum absolute atomic E-state index is 7.32. The molecule has 0 amide bonds. The van der Waals surface area contributed by atoms with Crippen molar-refractivity contribution in [3.8, 4) is 5.69 Å². The van der Waals surface area contributed by atoms with Gasteiger partial charge < -0.3 is 14.0 Å². The van der Waals surface area contributed by atoms with Gasteiger partial charge in [-0.15, -0.1) is 0 Å². The first-order chi connectivity index (χ1) is 31.8. The zero-order chi connectivity index (χ0) is 41.9. The normalized spacial score (nSPS) is 20.9. The molecule has 5 heterocycles. The quantitative estimate of drug-likeness (QED) is 0.162. The van der Waals surface area contributed by atoms with Crippen molar-refractivity contribution in [1.29, 1.82) is 0 Å². The molecule has 4 atom stereocenters. The molecule has 0 saturated carbocycles. The molecular weight excluding hydrogens is 781 g/mol. The van der Waals surface area contributed by atoms with E-state index in [0.29, 0.717) is 0 Å². The highest BCUT2D eigenvalue weighted by molar-refractivity contribution is 7.00. The minimum atomic E-state index is -0.136. The van der Waals surface area contributed by atoms with E-state index < -0.39 is 0 Å². The molecule has 8 aromatic rings. The second-order valence-corrected chi connectivity index (χ2v) is 17.4. The standard InChI is InChI=1S/C58H40BN3O2/c1-3-19-37(20-4-1)54-42-25-9-17-33-52(42)63-57(54)61-48-31-15-11-27-44(48)59-45-28-12-16-32-49(45)62(58-55(38-21-5-2-6-22-38)43-26-10-18-34-53(43)64-58)51-36-39(35-50(61)56(51)59)60-46-29-13-7-23-40(46)41-24-8-14-30-47(41)60/h1-36,42-43,52-53H. The summed E-state index contributed by atoms with van der Waals surface area (Å²) in [6.45, 7) is -0.0643. The summed E-state index contributed by atoms with van der Waals surface area (Å²) in [5.41, 5.74) is 16.2. The molecule has 4 aliphatic heterocycles. The van der Waals surface area contributed by atoms with Crippen molar-refractivity contribution in [2.45, 2.75) is 12.2 Å². The SMILES string of the molecule is C1=CC2OC(N3c4ccccc4B4c5ccccc5N(C5=C(c6ccccc6)C6C=CC=CC6O5)c5cc(-n6c7ccccc7c7ccccc76)cc3c54)=C(c3ccccc3)C2C=C1. The molecule has 6 heteroatoms. The van der Waals surface area contributed by atoms with Crippen LogP contribution in [-0.2, 0) is 9.47 Å². The highest BCUT2D eigenvalue weighted by Gasteiger charge is 2.49. The third-order valence-corrected chi connectivity index (χ3v) is 14.1. The number of hydrogen-bond acceptors (Lipinski definition) is 4. The van der Waals surface area contributed by atoms with Gasteiger partial charge in [0.2, 0.25) is 11.8 Å². The van der Waals surface area contributed by atoms with Crippen molar-refractivity contribution in [2.24, 2.45) is 11.8 Å². The summed E-state index contributed by atoms with van der Waals surface area (Å²) in [7, 11) is 0. The highest BCUT2D eigenvalue weighted by atomic mass is 16.5. The van der Waals surface area contributed by atoms with Crippen molar-refractivity contribution in [3.05, 3.63) is 241 Å². The lowest BCUT2D eigenvalue weighted by Gasteiger charge is -2.44. The van der Waals surface area contributed by atoms with Crippen molar-refractivity contribution >= 4 is 78.8 Å². The van der Waals surface area contributed by atoms with Crippen LogP contribution in [0, 0.1) is 11.8 Å². The van der Waals surface area contributed by atoms with Gasteiger partial charge in [-0.2, -0.15) is 0 Å². The molecule has 0 fully saturated rings. The predicted molar refractivity (Wildman–Crippen MR) is 263 cm³/mol. The van der Waals surface area contributed by atoms with Gasteiger partial charge in [-0.25, -0.2) is 0 Å². The molecule has 0 saturated heterocycles. The van der Waals surface area contributed by atoms with Crippen LogP contribution >= 0.6 is 0 Å². The van der Waals surface area contributed by atoms with Crippen LogP contribution in [0.25, 0.3) is 38.6 Å². The van der Waals surface area contributed by atoms with E-state index in [0.717, 1.165) is 62.4 Å². The van der Waals surface area contributed by atoms with Crippen molar-refractivity contribution in [2.75, 3.05) is 9.80 Å². The highest BCUT2D eigenvalue weighted by Crippen LogP contribution is 2.51. The lowest BCUT2D eigenvalue weighted by molar-refractivity contribution is 0.162. The summed E-state index contributed by atoms with van der Waals surface area (Å²) in [4.78, 5) is 4.90. The number of allylic oxidation sites excluding steroid dienone is 4. The average molecular weight is 822 g/mol. The van der Waals surface area contributed by atoms with Gasteiger partial charge in [0.1, 0.15) is 12.2 Å². The Morgan fingerprint density at radius 3 is 1.33 bits per heavy atom. The van der Waals surface area contributed by atoms with Crippen LogP contribution in [0.5, 0.6) is 0 Å². The van der Waals surface area contributed by atoms with E-state index >= 15 is 0 Å². The fraction of sp³-hybridized carbons (Fsp3) is 0.0690. The molecule has 0 radical (unpaired) electrons. The Kier molecular flexibility index (Phi) is 7.67. The first kappa shape index (κ1) is 35.6. The van der Waals surface area contributed by atoms with Crippen molar-refractivity contribution in [1.82, 2.24) is 4.57 Å². The number of aromatic nitrogens is 1. The van der Waals surface area contributed by atoms with Gasteiger partial charge in [-0.1, -0.05) is 170 Å². The van der Waals surface area contributed by atoms with Crippen LogP contribution < -0.4 is 26.2 Å². The largest absolute Gasteiger partial charge is 0.470 e. The Bertz CT molecular complexity index is 3230. The molecule has 4 unspecified atom stereocenters. The van der Waals surface area contributed by atoms with Crippen LogP contribution in [0.15, 0.2) is 230 Å². The Morgan fingerprint density at radius 2 is 0.828 bits per heavy atom.